The largest absolute Gasteiger partial charge is 0.274 e. The molecule has 0 saturated carbocycles. The molecule has 0 atom stereocenters. The molecule has 0 spiro atoms. The summed E-state index contributed by atoms with van der Waals surface area (Å²) in [6.07, 6.45) is 3.39. The van der Waals surface area contributed by atoms with Crippen LogP contribution in [0.1, 0.15) is 5.69 Å². The first kappa shape index (κ1) is 6.61. The molecule has 11 heavy (non-hydrogen) atoms. The predicted molar refractivity (Wildman–Crippen MR) is 42.7 cm³/mol. The van der Waals surface area contributed by atoms with E-state index >= 15 is 0 Å². The van der Waals surface area contributed by atoms with Gasteiger partial charge in [-0.15, -0.1) is 0 Å². The van der Waals surface area contributed by atoms with E-state index in [1.54, 1.807) is 16.9 Å². The third-order valence-corrected chi connectivity index (χ3v) is 1.76. The number of nitrogens with zero attached hydrogens (tertiary/aromatic N) is 3. The Balaban J connectivity index is 2.91. The third-order valence-electron chi connectivity index (χ3n) is 1.49. The topological polar surface area (TPSA) is 30.2 Å². The summed E-state index contributed by atoms with van der Waals surface area (Å²) in [6, 6.07) is 1.93. The van der Waals surface area contributed by atoms with Gasteiger partial charge < -0.3 is 0 Å². The van der Waals surface area contributed by atoms with Gasteiger partial charge in [0.2, 0.25) is 5.28 Å². The molecule has 0 aliphatic rings. The van der Waals surface area contributed by atoms with Gasteiger partial charge in [0.15, 0.2) is 0 Å². The molecule has 0 saturated heterocycles. The van der Waals surface area contributed by atoms with Crippen LogP contribution in [0.5, 0.6) is 0 Å². The SMILES string of the molecule is Cc1cc2cncn2c(Cl)n1. The van der Waals surface area contributed by atoms with E-state index in [0.717, 1.165) is 11.2 Å². The van der Waals surface area contributed by atoms with Crippen LogP contribution in [0.25, 0.3) is 5.52 Å². The van der Waals surface area contributed by atoms with E-state index in [1.165, 1.54) is 0 Å². The van der Waals surface area contributed by atoms with Crippen LogP contribution < -0.4 is 0 Å². The van der Waals surface area contributed by atoms with Crippen molar-refractivity contribution in [3.8, 4) is 0 Å². The van der Waals surface area contributed by atoms with Gasteiger partial charge in [0.1, 0.15) is 6.33 Å². The van der Waals surface area contributed by atoms with E-state index in [1.807, 2.05) is 13.0 Å². The van der Waals surface area contributed by atoms with Crippen LogP contribution in [-0.4, -0.2) is 14.4 Å². The summed E-state index contributed by atoms with van der Waals surface area (Å²) in [7, 11) is 0. The van der Waals surface area contributed by atoms with Crippen LogP contribution in [0.3, 0.4) is 0 Å². The molecule has 2 rings (SSSR count). The van der Waals surface area contributed by atoms with Crippen molar-refractivity contribution in [2.24, 2.45) is 0 Å². The number of hydrogen-bond acceptors (Lipinski definition) is 2. The van der Waals surface area contributed by atoms with Crippen LogP contribution in [0.15, 0.2) is 18.6 Å². The number of rotatable bonds is 0. The lowest BCUT2D eigenvalue weighted by Crippen LogP contribution is -1.90. The molecule has 0 bridgehead atoms. The zero-order valence-electron chi connectivity index (χ0n) is 5.95. The molecule has 4 heteroatoms. The summed E-state index contributed by atoms with van der Waals surface area (Å²) in [6.45, 7) is 1.90. The van der Waals surface area contributed by atoms with E-state index in [9.17, 15) is 0 Å². The number of aryl methyl sites for hydroxylation is 1. The van der Waals surface area contributed by atoms with Crippen molar-refractivity contribution >= 4 is 17.1 Å². The van der Waals surface area contributed by atoms with Gasteiger partial charge in [-0.05, 0) is 24.6 Å². The van der Waals surface area contributed by atoms with Crippen LogP contribution in [0, 0.1) is 6.92 Å². The monoisotopic (exact) mass is 167 g/mol. The fourth-order valence-electron chi connectivity index (χ4n) is 1.01. The second kappa shape index (κ2) is 2.20. The van der Waals surface area contributed by atoms with Crippen molar-refractivity contribution in [3.63, 3.8) is 0 Å². The minimum atomic E-state index is 0.456. The number of aromatic nitrogens is 3. The van der Waals surface area contributed by atoms with E-state index in [0.29, 0.717) is 5.28 Å². The van der Waals surface area contributed by atoms with E-state index in [4.69, 9.17) is 11.6 Å². The first-order valence-corrected chi connectivity index (χ1v) is 3.60. The molecule has 0 aliphatic heterocycles. The molecule has 0 N–H and O–H groups in total. The average Bonchev–Trinajstić information content (AvgIpc) is 2.34. The van der Waals surface area contributed by atoms with Gasteiger partial charge in [-0.1, -0.05) is 0 Å². The smallest absolute Gasteiger partial charge is 0.208 e. The third kappa shape index (κ3) is 0.973. The summed E-state index contributed by atoms with van der Waals surface area (Å²) >= 11 is 5.82. The molecule has 0 aliphatic carbocycles. The van der Waals surface area contributed by atoms with Crippen molar-refractivity contribution < 1.29 is 0 Å². The first-order valence-electron chi connectivity index (χ1n) is 3.22. The van der Waals surface area contributed by atoms with Crippen LogP contribution in [0.4, 0.5) is 0 Å². The quantitative estimate of drug-likeness (QED) is 0.559. The van der Waals surface area contributed by atoms with E-state index in [2.05, 4.69) is 9.97 Å². The Bertz CT molecular complexity index is 393. The molecule has 0 amide bonds. The maximum atomic E-state index is 5.82. The predicted octanol–water partition coefficient (Wildman–Crippen LogP) is 1.69. The molecule has 3 nitrogen and oxygen atoms in total. The van der Waals surface area contributed by atoms with Crippen molar-refractivity contribution in [1.29, 1.82) is 0 Å². The Morgan fingerprint density at radius 3 is 3.18 bits per heavy atom. The van der Waals surface area contributed by atoms with Gasteiger partial charge in [0.25, 0.3) is 0 Å². The fourth-order valence-corrected chi connectivity index (χ4v) is 1.29. The molecule has 0 unspecified atom stereocenters. The lowest BCUT2D eigenvalue weighted by atomic mass is 10.4. The molecule has 0 radical (unpaired) electrons. The highest BCUT2D eigenvalue weighted by atomic mass is 35.5. The highest BCUT2D eigenvalue weighted by molar-refractivity contribution is 6.28. The number of hydrogen-bond donors (Lipinski definition) is 0. The van der Waals surface area contributed by atoms with Crippen molar-refractivity contribution in [2.45, 2.75) is 6.92 Å². The van der Waals surface area contributed by atoms with Gasteiger partial charge in [-0.3, -0.25) is 4.40 Å². The van der Waals surface area contributed by atoms with Gasteiger partial charge >= 0.3 is 0 Å². The second-order valence-corrected chi connectivity index (χ2v) is 2.69. The van der Waals surface area contributed by atoms with Gasteiger partial charge in [-0.2, -0.15) is 0 Å². The molecular formula is C7H6ClN3. The number of halogens is 1. The van der Waals surface area contributed by atoms with Gasteiger partial charge in [0.05, 0.1) is 11.7 Å². The Kier molecular flexibility index (Phi) is 1.32. The summed E-state index contributed by atoms with van der Waals surface area (Å²) in [5.41, 5.74) is 1.88. The van der Waals surface area contributed by atoms with Crippen LogP contribution in [-0.2, 0) is 0 Å². The lowest BCUT2D eigenvalue weighted by Gasteiger charge is -1.97. The standard InChI is InChI=1S/C7H6ClN3/c1-5-2-6-3-9-4-11(6)7(8)10-5/h2-4H,1H3. The summed E-state index contributed by atoms with van der Waals surface area (Å²) in [5, 5.41) is 0.456. The molecule has 0 aromatic carbocycles. The maximum absolute atomic E-state index is 5.82. The van der Waals surface area contributed by atoms with Crippen molar-refractivity contribution in [2.75, 3.05) is 0 Å². The second-order valence-electron chi connectivity index (χ2n) is 2.36. The summed E-state index contributed by atoms with van der Waals surface area (Å²) < 4.78 is 1.73. The Morgan fingerprint density at radius 1 is 1.55 bits per heavy atom. The van der Waals surface area contributed by atoms with Crippen molar-refractivity contribution in [1.82, 2.24) is 14.4 Å². The minimum Gasteiger partial charge on any atom is -0.274 e. The van der Waals surface area contributed by atoms with Gasteiger partial charge in [0, 0.05) is 5.69 Å². The molecular weight excluding hydrogens is 162 g/mol. The Labute approximate surface area is 68.7 Å². The fraction of sp³-hybridized carbons (Fsp3) is 0.143. The zero-order valence-corrected chi connectivity index (χ0v) is 6.71. The molecule has 2 aromatic heterocycles. The highest BCUT2D eigenvalue weighted by Crippen LogP contribution is 2.10. The Morgan fingerprint density at radius 2 is 2.36 bits per heavy atom. The van der Waals surface area contributed by atoms with Gasteiger partial charge in [-0.25, -0.2) is 9.97 Å². The minimum absolute atomic E-state index is 0.456. The molecule has 2 aromatic rings. The number of fused-ring (bicyclic) bond motifs is 1. The average molecular weight is 168 g/mol. The first-order chi connectivity index (χ1) is 5.27. The molecule has 2 heterocycles. The van der Waals surface area contributed by atoms with E-state index in [-0.39, 0.29) is 0 Å². The Hall–Kier alpha value is -1.09. The van der Waals surface area contributed by atoms with E-state index < -0.39 is 0 Å². The summed E-state index contributed by atoms with van der Waals surface area (Å²) in [4.78, 5) is 8.00. The lowest BCUT2D eigenvalue weighted by molar-refractivity contribution is 1.04. The maximum Gasteiger partial charge on any atom is 0.208 e. The molecule has 56 valence electrons. The highest BCUT2D eigenvalue weighted by Gasteiger charge is 1.99. The normalized spacial score (nSPS) is 10.7. The van der Waals surface area contributed by atoms with Crippen LogP contribution >= 0.6 is 11.6 Å². The van der Waals surface area contributed by atoms with Crippen LogP contribution in [0.2, 0.25) is 5.28 Å². The molecule has 0 fully saturated rings. The zero-order chi connectivity index (χ0) is 7.84. The summed E-state index contributed by atoms with van der Waals surface area (Å²) in [5.74, 6) is 0. The number of imidazole rings is 1. The van der Waals surface area contributed by atoms with Crippen molar-refractivity contribution in [3.05, 3.63) is 29.6 Å².